The number of carbonyl (C=O) groups excluding carboxylic acids is 4. The fraction of sp³-hybridized carbons (Fsp3) is 0.455. The van der Waals surface area contributed by atoms with Crippen molar-refractivity contribution in [2.45, 2.75) is 57.3 Å². The molecule has 0 fully saturated rings. The number of aromatic hydroxyl groups is 1. The minimum absolute atomic E-state index is 0.0451. The number of nitrogens with one attached hydrogen (secondary N) is 3. The second-order valence-corrected chi connectivity index (χ2v) is 8.43. The van der Waals surface area contributed by atoms with Gasteiger partial charge in [-0.15, -0.1) is 0 Å². The summed E-state index contributed by atoms with van der Waals surface area (Å²) < 4.78 is 0. The van der Waals surface area contributed by atoms with Gasteiger partial charge in [-0.1, -0.05) is 26.0 Å². The second kappa shape index (κ2) is 13.6. The van der Waals surface area contributed by atoms with Gasteiger partial charge in [0.1, 0.15) is 23.9 Å². The van der Waals surface area contributed by atoms with E-state index in [0.717, 1.165) is 0 Å². The molecule has 14 heteroatoms. The van der Waals surface area contributed by atoms with E-state index in [1.54, 1.807) is 13.8 Å². The van der Waals surface area contributed by atoms with Crippen molar-refractivity contribution < 1.29 is 44.1 Å². The van der Waals surface area contributed by atoms with Gasteiger partial charge in [0.15, 0.2) is 0 Å². The Balaban J connectivity index is 3.04. The van der Waals surface area contributed by atoms with Crippen molar-refractivity contribution in [2.24, 2.45) is 17.4 Å². The first-order valence-electron chi connectivity index (χ1n) is 10.9. The second-order valence-electron chi connectivity index (χ2n) is 8.43. The molecule has 4 atom stereocenters. The van der Waals surface area contributed by atoms with Gasteiger partial charge >= 0.3 is 11.9 Å². The zero-order valence-corrected chi connectivity index (χ0v) is 19.8. The van der Waals surface area contributed by atoms with Crippen molar-refractivity contribution in [3.8, 4) is 5.75 Å². The molecular formula is C22H31N5O9. The molecule has 10 N–H and O–H groups in total. The van der Waals surface area contributed by atoms with Gasteiger partial charge in [0, 0.05) is 6.42 Å². The average Bonchev–Trinajstić information content (AvgIpc) is 2.77. The number of hydrogen-bond acceptors (Lipinski definition) is 8. The van der Waals surface area contributed by atoms with Crippen molar-refractivity contribution in [1.29, 1.82) is 0 Å². The molecule has 0 saturated carbocycles. The fourth-order valence-corrected chi connectivity index (χ4v) is 2.98. The van der Waals surface area contributed by atoms with Crippen LogP contribution < -0.4 is 27.4 Å². The summed E-state index contributed by atoms with van der Waals surface area (Å²) >= 11 is 0. The van der Waals surface area contributed by atoms with Gasteiger partial charge in [0.2, 0.25) is 23.6 Å². The molecule has 0 aliphatic heterocycles. The molecule has 0 bridgehead atoms. The third kappa shape index (κ3) is 9.97. The van der Waals surface area contributed by atoms with Gasteiger partial charge in [-0.25, -0.2) is 4.79 Å². The minimum Gasteiger partial charge on any atom is -0.508 e. The first-order valence-corrected chi connectivity index (χ1v) is 10.9. The Morgan fingerprint density at radius 2 is 1.28 bits per heavy atom. The molecule has 0 aliphatic rings. The van der Waals surface area contributed by atoms with Crippen LogP contribution in [0.3, 0.4) is 0 Å². The molecule has 0 saturated heterocycles. The van der Waals surface area contributed by atoms with Gasteiger partial charge in [0.25, 0.3) is 0 Å². The Morgan fingerprint density at radius 3 is 1.72 bits per heavy atom. The number of phenols is 1. The lowest BCUT2D eigenvalue weighted by Gasteiger charge is -2.24. The summed E-state index contributed by atoms with van der Waals surface area (Å²) in [5.74, 6) is -7.24. The van der Waals surface area contributed by atoms with Crippen LogP contribution in [0.4, 0.5) is 0 Å². The van der Waals surface area contributed by atoms with Crippen molar-refractivity contribution in [1.82, 2.24) is 16.0 Å². The molecule has 14 nitrogen and oxygen atoms in total. The third-order valence-corrected chi connectivity index (χ3v) is 5.06. The molecule has 198 valence electrons. The molecule has 0 aromatic heterocycles. The van der Waals surface area contributed by atoms with Crippen LogP contribution in [0, 0.1) is 5.92 Å². The molecule has 0 heterocycles. The highest BCUT2D eigenvalue weighted by atomic mass is 16.4. The van der Waals surface area contributed by atoms with E-state index < -0.39 is 72.6 Å². The summed E-state index contributed by atoms with van der Waals surface area (Å²) in [4.78, 5) is 72.2. The number of carbonyl (C=O) groups is 6. The van der Waals surface area contributed by atoms with Crippen LogP contribution in [0.25, 0.3) is 0 Å². The Bertz CT molecular complexity index is 981. The number of amides is 4. The summed E-state index contributed by atoms with van der Waals surface area (Å²) in [6, 6.07) is -0.285. The number of carboxylic acids is 2. The fourth-order valence-electron chi connectivity index (χ4n) is 2.98. The highest BCUT2D eigenvalue weighted by molar-refractivity contribution is 5.97. The number of aliphatic carboxylic acids is 2. The first kappa shape index (κ1) is 29.8. The van der Waals surface area contributed by atoms with Gasteiger partial charge in [-0.3, -0.25) is 24.0 Å². The third-order valence-electron chi connectivity index (χ3n) is 5.06. The number of primary amides is 1. The number of phenolic OH excluding ortho intramolecular Hbond substituents is 1. The van der Waals surface area contributed by atoms with Crippen LogP contribution in [-0.2, 0) is 35.2 Å². The molecule has 1 aromatic rings. The normalized spacial score (nSPS) is 14.1. The predicted molar refractivity (Wildman–Crippen MR) is 124 cm³/mol. The molecular weight excluding hydrogens is 478 g/mol. The van der Waals surface area contributed by atoms with Crippen LogP contribution in [0.2, 0.25) is 0 Å². The largest absolute Gasteiger partial charge is 0.508 e. The first-order chi connectivity index (χ1) is 16.7. The molecule has 0 radical (unpaired) electrons. The van der Waals surface area contributed by atoms with Crippen LogP contribution in [0.1, 0.15) is 32.3 Å². The number of carboxylic acid groups (broad SMARTS) is 2. The maximum Gasteiger partial charge on any atom is 0.326 e. The quantitative estimate of drug-likeness (QED) is 0.134. The molecule has 0 aliphatic carbocycles. The number of hydrogen-bond donors (Lipinski definition) is 8. The van der Waals surface area contributed by atoms with Crippen LogP contribution in [0.15, 0.2) is 24.3 Å². The van der Waals surface area contributed by atoms with Crippen molar-refractivity contribution in [2.75, 3.05) is 0 Å². The molecule has 4 unspecified atom stereocenters. The van der Waals surface area contributed by atoms with Crippen molar-refractivity contribution in [3.05, 3.63) is 29.8 Å². The van der Waals surface area contributed by atoms with E-state index in [2.05, 4.69) is 16.0 Å². The maximum absolute atomic E-state index is 12.8. The molecule has 1 aromatic carbocycles. The Kier molecular flexibility index (Phi) is 11.3. The van der Waals surface area contributed by atoms with Gasteiger partial charge in [-0.05, 0) is 23.6 Å². The number of benzene rings is 1. The molecule has 4 amide bonds. The highest BCUT2D eigenvalue weighted by Gasteiger charge is 2.32. The summed E-state index contributed by atoms with van der Waals surface area (Å²) in [5.41, 5.74) is 11.3. The van der Waals surface area contributed by atoms with Gasteiger partial charge in [0.05, 0.1) is 18.9 Å². The molecule has 1 rings (SSSR count). The Labute approximate surface area is 206 Å². The molecule has 0 spiro atoms. The average molecular weight is 510 g/mol. The van der Waals surface area contributed by atoms with Crippen molar-refractivity contribution >= 4 is 35.6 Å². The standard InChI is InChI=1S/C22H31N5O9/c1-10(2)18(24)21(34)26-14(9-17(30)31)20(33)25-13(8-16(23)29)19(32)27-15(22(35)36)7-11-3-5-12(28)6-4-11/h3-6,10,13-15,18,28H,7-9,24H2,1-2H3,(H2,23,29)(H,25,33)(H,26,34)(H,27,32)(H,30,31)(H,35,36). The monoisotopic (exact) mass is 509 g/mol. The lowest BCUT2D eigenvalue weighted by atomic mass is 10.0. The zero-order chi connectivity index (χ0) is 27.6. The van der Waals surface area contributed by atoms with E-state index >= 15 is 0 Å². The topological polar surface area (TPSA) is 251 Å². The summed E-state index contributed by atoms with van der Waals surface area (Å²) in [6.45, 7) is 3.28. The predicted octanol–water partition coefficient (Wildman–Crippen LogP) is -2.19. The van der Waals surface area contributed by atoms with Crippen LogP contribution in [0.5, 0.6) is 5.75 Å². The summed E-state index contributed by atoms with van der Waals surface area (Å²) in [6.07, 6.45) is -1.78. The number of nitrogens with two attached hydrogens (primary N) is 2. The summed E-state index contributed by atoms with van der Waals surface area (Å²) in [7, 11) is 0. The van der Waals surface area contributed by atoms with E-state index in [1.807, 2.05) is 0 Å². The van der Waals surface area contributed by atoms with Crippen LogP contribution >= 0.6 is 0 Å². The zero-order valence-electron chi connectivity index (χ0n) is 19.8. The Morgan fingerprint density at radius 1 is 0.806 bits per heavy atom. The van der Waals surface area contributed by atoms with E-state index in [4.69, 9.17) is 16.6 Å². The highest BCUT2D eigenvalue weighted by Crippen LogP contribution is 2.12. The van der Waals surface area contributed by atoms with E-state index in [1.165, 1.54) is 24.3 Å². The van der Waals surface area contributed by atoms with Gasteiger partial charge in [-0.2, -0.15) is 0 Å². The minimum atomic E-state index is -1.66. The summed E-state index contributed by atoms with van der Waals surface area (Å²) in [5, 5.41) is 34.5. The van der Waals surface area contributed by atoms with Crippen molar-refractivity contribution in [3.63, 3.8) is 0 Å². The SMILES string of the molecule is CC(C)C(N)C(=O)NC(CC(=O)O)C(=O)NC(CC(N)=O)C(=O)NC(Cc1ccc(O)cc1)C(=O)O. The van der Waals surface area contributed by atoms with E-state index in [9.17, 15) is 39.0 Å². The van der Waals surface area contributed by atoms with E-state index in [0.29, 0.717) is 5.56 Å². The number of rotatable bonds is 14. The maximum atomic E-state index is 12.8. The van der Waals surface area contributed by atoms with E-state index in [-0.39, 0.29) is 18.1 Å². The van der Waals surface area contributed by atoms with Gasteiger partial charge < -0.3 is 42.7 Å². The van der Waals surface area contributed by atoms with Crippen LogP contribution in [-0.4, -0.2) is 75.1 Å². The lowest BCUT2D eigenvalue weighted by Crippen LogP contribution is -2.58. The Hall–Kier alpha value is -4.20. The lowest BCUT2D eigenvalue weighted by molar-refractivity contribution is -0.143. The molecule has 36 heavy (non-hydrogen) atoms. The smallest absolute Gasteiger partial charge is 0.326 e.